The van der Waals surface area contributed by atoms with Gasteiger partial charge >= 0.3 is 5.97 Å². The Hall–Kier alpha value is -3.13. The van der Waals surface area contributed by atoms with Gasteiger partial charge in [-0.3, -0.25) is 4.79 Å². The molecule has 0 unspecified atom stereocenters. The molecule has 2 rings (SSSR count). The molecule has 128 valence electrons. The van der Waals surface area contributed by atoms with E-state index >= 15 is 0 Å². The van der Waals surface area contributed by atoms with Crippen LogP contribution in [0.15, 0.2) is 48.5 Å². The minimum absolute atomic E-state index is 0.241. The van der Waals surface area contributed by atoms with Crippen molar-refractivity contribution in [3.63, 3.8) is 0 Å². The molecule has 0 bridgehead atoms. The van der Waals surface area contributed by atoms with Gasteiger partial charge in [-0.15, -0.1) is 0 Å². The first-order chi connectivity index (χ1) is 12.0. The average molecular weight is 336 g/mol. The van der Waals surface area contributed by atoms with E-state index in [9.17, 15) is 9.59 Å². The predicted octanol–water partition coefficient (Wildman–Crippen LogP) is 3.87. The molecule has 0 radical (unpaired) electrons. The normalized spacial score (nSPS) is 11.2. The van der Waals surface area contributed by atoms with E-state index in [0.29, 0.717) is 17.2 Å². The number of anilines is 1. The topological polar surface area (TPSA) is 79.2 Å². The molecule has 0 spiro atoms. The number of nitrogens with zero attached hydrogens (tertiary/aromatic N) is 1. The zero-order valence-corrected chi connectivity index (χ0v) is 14.3. The van der Waals surface area contributed by atoms with Crippen LogP contribution in [-0.4, -0.2) is 18.5 Å². The fourth-order valence-corrected chi connectivity index (χ4v) is 2.26. The predicted molar refractivity (Wildman–Crippen MR) is 95.2 cm³/mol. The molecule has 1 atom stereocenters. The maximum absolute atomic E-state index is 11.9. The van der Waals surface area contributed by atoms with Crippen molar-refractivity contribution in [1.29, 1.82) is 5.26 Å². The lowest BCUT2D eigenvalue weighted by molar-refractivity contribution is -0.119. The minimum atomic E-state index is -0.639. The summed E-state index contributed by atoms with van der Waals surface area (Å²) in [5, 5.41) is 11.5. The lowest BCUT2D eigenvalue weighted by Gasteiger charge is -2.10. The van der Waals surface area contributed by atoms with E-state index in [1.807, 2.05) is 30.3 Å². The second-order valence-electron chi connectivity index (χ2n) is 5.75. The smallest absolute Gasteiger partial charge is 0.338 e. The van der Waals surface area contributed by atoms with Crippen LogP contribution in [0.2, 0.25) is 0 Å². The van der Waals surface area contributed by atoms with Gasteiger partial charge in [-0.05, 0) is 48.2 Å². The summed E-state index contributed by atoms with van der Waals surface area (Å²) in [7, 11) is 0. The Morgan fingerprint density at radius 2 is 1.92 bits per heavy atom. The molecule has 0 saturated carbocycles. The molecule has 0 aliphatic rings. The van der Waals surface area contributed by atoms with E-state index < -0.39 is 11.9 Å². The van der Waals surface area contributed by atoms with Crippen LogP contribution in [0.4, 0.5) is 5.69 Å². The van der Waals surface area contributed by atoms with E-state index in [1.54, 1.807) is 12.1 Å². The first-order valence-corrected chi connectivity index (χ1v) is 8.10. The molecule has 0 saturated heterocycles. The van der Waals surface area contributed by atoms with Gasteiger partial charge in [-0.25, -0.2) is 4.79 Å². The van der Waals surface area contributed by atoms with Gasteiger partial charge in [-0.1, -0.05) is 32.0 Å². The van der Waals surface area contributed by atoms with Crippen LogP contribution in [0.5, 0.6) is 0 Å². The second kappa shape index (κ2) is 8.65. The standard InChI is InChI=1S/C20H20N2O3/c1-3-14(2)16-7-9-18(10-8-16)22-19(23)13-25-20(24)17-6-4-5-15(11-17)12-21/h4-11,14H,3,13H2,1-2H3,(H,22,23)/t14-/m1/s1. The van der Waals surface area contributed by atoms with Gasteiger partial charge < -0.3 is 10.1 Å². The third-order valence-electron chi connectivity index (χ3n) is 3.94. The molecule has 0 aliphatic heterocycles. The van der Waals surface area contributed by atoms with Crippen LogP contribution in [0.3, 0.4) is 0 Å². The number of carbonyl (C=O) groups excluding carboxylic acids is 2. The summed E-state index contributed by atoms with van der Waals surface area (Å²) in [6.07, 6.45) is 1.05. The van der Waals surface area contributed by atoms with Crippen molar-refractivity contribution >= 4 is 17.6 Å². The molecule has 0 aromatic heterocycles. The van der Waals surface area contributed by atoms with Gasteiger partial charge in [0.2, 0.25) is 0 Å². The van der Waals surface area contributed by atoms with Crippen LogP contribution in [0, 0.1) is 11.3 Å². The number of carbonyl (C=O) groups is 2. The molecule has 0 fully saturated rings. The van der Waals surface area contributed by atoms with Crippen LogP contribution in [0.25, 0.3) is 0 Å². The van der Waals surface area contributed by atoms with E-state index in [1.165, 1.54) is 17.7 Å². The maximum Gasteiger partial charge on any atom is 0.338 e. The number of esters is 1. The van der Waals surface area contributed by atoms with E-state index in [-0.39, 0.29) is 12.2 Å². The molecule has 1 amide bonds. The Balaban J connectivity index is 1.88. The summed E-state index contributed by atoms with van der Waals surface area (Å²) in [4.78, 5) is 23.8. The molecule has 5 nitrogen and oxygen atoms in total. The Kier molecular flexibility index (Phi) is 6.30. The van der Waals surface area contributed by atoms with Crippen molar-refractivity contribution in [2.45, 2.75) is 26.2 Å². The number of amides is 1. The van der Waals surface area contributed by atoms with Gasteiger partial charge in [-0.2, -0.15) is 5.26 Å². The number of hydrogen-bond donors (Lipinski definition) is 1. The van der Waals surface area contributed by atoms with E-state index in [4.69, 9.17) is 10.00 Å². The minimum Gasteiger partial charge on any atom is -0.452 e. The molecule has 0 heterocycles. The fraction of sp³-hybridized carbons (Fsp3) is 0.250. The molecule has 2 aromatic rings. The van der Waals surface area contributed by atoms with Crippen LogP contribution in [-0.2, 0) is 9.53 Å². The van der Waals surface area contributed by atoms with E-state index in [2.05, 4.69) is 19.2 Å². The zero-order valence-electron chi connectivity index (χ0n) is 14.3. The first-order valence-electron chi connectivity index (χ1n) is 8.10. The van der Waals surface area contributed by atoms with Crippen molar-refractivity contribution in [3.05, 3.63) is 65.2 Å². The summed E-state index contributed by atoms with van der Waals surface area (Å²) >= 11 is 0. The molecule has 2 aromatic carbocycles. The summed E-state index contributed by atoms with van der Waals surface area (Å²) in [5.41, 5.74) is 2.47. The number of benzene rings is 2. The van der Waals surface area contributed by atoms with Crippen LogP contribution >= 0.6 is 0 Å². The quantitative estimate of drug-likeness (QED) is 0.812. The van der Waals surface area contributed by atoms with Gasteiger partial charge in [0.25, 0.3) is 5.91 Å². The Labute approximate surface area is 147 Å². The lowest BCUT2D eigenvalue weighted by Crippen LogP contribution is -2.21. The Morgan fingerprint density at radius 3 is 2.56 bits per heavy atom. The summed E-state index contributed by atoms with van der Waals surface area (Å²) in [6, 6.07) is 15.7. The van der Waals surface area contributed by atoms with Crippen molar-refractivity contribution in [2.24, 2.45) is 0 Å². The van der Waals surface area contributed by atoms with Crippen molar-refractivity contribution < 1.29 is 14.3 Å². The monoisotopic (exact) mass is 336 g/mol. The number of nitriles is 1. The summed E-state index contributed by atoms with van der Waals surface area (Å²) in [5.74, 6) is -0.588. The largest absolute Gasteiger partial charge is 0.452 e. The van der Waals surface area contributed by atoms with Gasteiger partial charge in [0, 0.05) is 5.69 Å². The number of hydrogen-bond acceptors (Lipinski definition) is 4. The highest BCUT2D eigenvalue weighted by atomic mass is 16.5. The average Bonchev–Trinajstić information content (AvgIpc) is 2.66. The first kappa shape index (κ1) is 18.2. The zero-order chi connectivity index (χ0) is 18.2. The fourth-order valence-electron chi connectivity index (χ4n) is 2.26. The summed E-state index contributed by atoms with van der Waals surface area (Å²) in [6.45, 7) is 3.89. The molecular formula is C20H20N2O3. The SMILES string of the molecule is CC[C@@H](C)c1ccc(NC(=O)COC(=O)c2cccc(C#N)c2)cc1. The van der Waals surface area contributed by atoms with Crippen molar-refractivity contribution in [1.82, 2.24) is 0 Å². The van der Waals surface area contributed by atoms with Gasteiger partial charge in [0.05, 0.1) is 17.2 Å². The second-order valence-corrected chi connectivity index (χ2v) is 5.75. The van der Waals surface area contributed by atoms with Crippen LogP contribution in [0.1, 0.15) is 47.7 Å². The lowest BCUT2D eigenvalue weighted by atomic mass is 9.99. The number of rotatable bonds is 6. The van der Waals surface area contributed by atoms with E-state index in [0.717, 1.165) is 6.42 Å². The number of nitrogens with one attached hydrogen (secondary N) is 1. The molecule has 1 N–H and O–H groups in total. The third-order valence-corrected chi connectivity index (χ3v) is 3.94. The highest BCUT2D eigenvalue weighted by Gasteiger charge is 2.11. The van der Waals surface area contributed by atoms with Crippen molar-refractivity contribution in [3.8, 4) is 6.07 Å². The van der Waals surface area contributed by atoms with Gasteiger partial charge in [0.1, 0.15) is 0 Å². The number of ether oxygens (including phenoxy) is 1. The highest BCUT2D eigenvalue weighted by molar-refractivity contribution is 5.95. The highest BCUT2D eigenvalue weighted by Crippen LogP contribution is 2.20. The third kappa shape index (κ3) is 5.18. The summed E-state index contributed by atoms with van der Waals surface area (Å²) < 4.78 is 4.98. The van der Waals surface area contributed by atoms with Crippen LogP contribution < -0.4 is 5.32 Å². The Bertz CT molecular complexity index is 791. The van der Waals surface area contributed by atoms with Gasteiger partial charge in [0.15, 0.2) is 6.61 Å². The van der Waals surface area contributed by atoms with Crippen molar-refractivity contribution in [2.75, 3.05) is 11.9 Å². The molecule has 0 aliphatic carbocycles. The maximum atomic E-state index is 11.9. The molecule has 5 heteroatoms. The Morgan fingerprint density at radius 1 is 1.20 bits per heavy atom. The molecular weight excluding hydrogens is 316 g/mol. The molecule has 25 heavy (non-hydrogen) atoms.